The first-order valence-corrected chi connectivity index (χ1v) is 8.29. The Labute approximate surface area is 137 Å². The molecule has 2 fully saturated rings. The van der Waals surface area contributed by atoms with Gasteiger partial charge in [0.2, 0.25) is 0 Å². The van der Waals surface area contributed by atoms with Crippen molar-refractivity contribution >= 4 is 17.6 Å². The number of fused-ring (bicyclic) bond motifs is 2. The summed E-state index contributed by atoms with van der Waals surface area (Å²) in [6.07, 6.45) is 1.27. The molecular formula is C19H25NO3. The van der Waals surface area contributed by atoms with Crippen molar-refractivity contribution in [3.05, 3.63) is 29.8 Å². The van der Waals surface area contributed by atoms with Crippen LogP contribution in [0.5, 0.6) is 0 Å². The van der Waals surface area contributed by atoms with Crippen LogP contribution in [0, 0.1) is 10.8 Å². The summed E-state index contributed by atoms with van der Waals surface area (Å²) in [5.41, 5.74) is -0.191. The topological polar surface area (TPSA) is 55.4 Å². The fourth-order valence-electron chi connectivity index (χ4n) is 3.93. The zero-order chi connectivity index (χ0) is 17.0. The van der Waals surface area contributed by atoms with Gasteiger partial charge in [-0.1, -0.05) is 39.8 Å². The molecule has 1 saturated heterocycles. The lowest BCUT2D eigenvalue weighted by molar-refractivity contribution is -0.165. The van der Waals surface area contributed by atoms with Crippen LogP contribution in [-0.4, -0.2) is 17.5 Å². The first-order valence-electron chi connectivity index (χ1n) is 8.29. The Balaban J connectivity index is 1.85. The SMILES string of the molecule is CC(C)c1ccc(NC(=O)C23CCC(C)(C(=O)O2)C3(C)C)cc1. The standard InChI is InChI=1S/C19H25NO3/c1-12(2)13-6-8-14(9-7-13)20-15(21)19-11-10-18(5,16(22)23-19)17(19,3)4/h6-9,12H,10-11H2,1-5H3,(H,20,21). The molecule has 1 heterocycles. The molecule has 0 spiro atoms. The van der Waals surface area contributed by atoms with E-state index in [1.165, 1.54) is 5.56 Å². The molecule has 23 heavy (non-hydrogen) atoms. The Morgan fingerprint density at radius 3 is 2.17 bits per heavy atom. The van der Waals surface area contributed by atoms with Crippen LogP contribution >= 0.6 is 0 Å². The lowest BCUT2D eigenvalue weighted by atomic mass is 9.66. The van der Waals surface area contributed by atoms with Crippen LogP contribution in [0.1, 0.15) is 58.9 Å². The Kier molecular flexibility index (Phi) is 3.36. The van der Waals surface area contributed by atoms with Gasteiger partial charge in [-0.15, -0.1) is 0 Å². The molecule has 3 rings (SSSR count). The zero-order valence-corrected chi connectivity index (χ0v) is 14.5. The number of rotatable bonds is 3. The third kappa shape index (κ3) is 1.97. The number of benzene rings is 1. The van der Waals surface area contributed by atoms with Crippen molar-refractivity contribution in [2.75, 3.05) is 5.32 Å². The minimum Gasteiger partial charge on any atom is -0.448 e. The molecule has 0 aromatic heterocycles. The van der Waals surface area contributed by atoms with Gasteiger partial charge in [0.15, 0.2) is 5.60 Å². The number of anilines is 1. The number of ether oxygens (including phenoxy) is 1. The zero-order valence-electron chi connectivity index (χ0n) is 14.5. The molecule has 1 aromatic carbocycles. The highest BCUT2D eigenvalue weighted by Crippen LogP contribution is 2.65. The smallest absolute Gasteiger partial charge is 0.313 e. The summed E-state index contributed by atoms with van der Waals surface area (Å²) >= 11 is 0. The Bertz CT molecular complexity index is 662. The van der Waals surface area contributed by atoms with Gasteiger partial charge in [0.25, 0.3) is 5.91 Å². The van der Waals surface area contributed by atoms with Gasteiger partial charge in [-0.3, -0.25) is 9.59 Å². The van der Waals surface area contributed by atoms with Gasteiger partial charge in [-0.2, -0.15) is 0 Å². The summed E-state index contributed by atoms with van der Waals surface area (Å²) in [6.45, 7) is 10.1. The molecule has 0 radical (unpaired) electrons. The summed E-state index contributed by atoms with van der Waals surface area (Å²) < 4.78 is 5.61. The van der Waals surface area contributed by atoms with Crippen LogP contribution < -0.4 is 5.32 Å². The maximum atomic E-state index is 12.9. The number of hydrogen-bond donors (Lipinski definition) is 1. The Morgan fingerprint density at radius 1 is 1.13 bits per heavy atom. The molecule has 1 saturated carbocycles. The van der Waals surface area contributed by atoms with E-state index in [4.69, 9.17) is 4.74 Å². The average molecular weight is 315 g/mol. The van der Waals surface area contributed by atoms with E-state index in [-0.39, 0.29) is 11.9 Å². The normalized spacial score (nSPS) is 31.3. The van der Waals surface area contributed by atoms with E-state index in [0.717, 1.165) is 5.69 Å². The van der Waals surface area contributed by atoms with Crippen LogP contribution in [0.2, 0.25) is 0 Å². The molecular weight excluding hydrogens is 290 g/mol. The first kappa shape index (κ1) is 16.0. The van der Waals surface area contributed by atoms with Crippen LogP contribution in [0.15, 0.2) is 24.3 Å². The van der Waals surface area contributed by atoms with Gasteiger partial charge >= 0.3 is 5.97 Å². The van der Waals surface area contributed by atoms with Gasteiger partial charge in [0.1, 0.15) is 0 Å². The largest absolute Gasteiger partial charge is 0.448 e. The van der Waals surface area contributed by atoms with Gasteiger partial charge in [-0.25, -0.2) is 0 Å². The fraction of sp³-hybridized carbons (Fsp3) is 0.579. The second kappa shape index (κ2) is 4.83. The van der Waals surface area contributed by atoms with Crippen molar-refractivity contribution in [3.63, 3.8) is 0 Å². The second-order valence-corrected chi connectivity index (χ2v) is 7.90. The van der Waals surface area contributed by atoms with Crippen LogP contribution in [-0.2, 0) is 14.3 Å². The molecule has 4 nitrogen and oxygen atoms in total. The molecule has 2 unspecified atom stereocenters. The third-order valence-electron chi connectivity index (χ3n) is 6.29. The van der Waals surface area contributed by atoms with Crippen molar-refractivity contribution in [2.45, 2.75) is 59.0 Å². The number of carbonyl (C=O) groups excluding carboxylic acids is 2. The number of carbonyl (C=O) groups is 2. The second-order valence-electron chi connectivity index (χ2n) is 7.90. The van der Waals surface area contributed by atoms with Crippen molar-refractivity contribution in [1.82, 2.24) is 0 Å². The molecule has 4 heteroatoms. The van der Waals surface area contributed by atoms with Crippen molar-refractivity contribution in [2.24, 2.45) is 10.8 Å². The van der Waals surface area contributed by atoms with E-state index in [9.17, 15) is 9.59 Å². The van der Waals surface area contributed by atoms with Gasteiger partial charge in [0, 0.05) is 11.1 Å². The predicted molar refractivity (Wildman–Crippen MR) is 89.1 cm³/mol. The monoisotopic (exact) mass is 315 g/mol. The number of amides is 1. The third-order valence-corrected chi connectivity index (χ3v) is 6.29. The highest BCUT2D eigenvalue weighted by Gasteiger charge is 2.75. The van der Waals surface area contributed by atoms with Gasteiger partial charge < -0.3 is 10.1 Å². The highest BCUT2D eigenvalue weighted by atomic mass is 16.6. The Hall–Kier alpha value is -1.84. The van der Waals surface area contributed by atoms with E-state index in [1.54, 1.807) is 0 Å². The van der Waals surface area contributed by atoms with E-state index < -0.39 is 16.4 Å². The number of esters is 1. The molecule has 1 aliphatic heterocycles. The lowest BCUT2D eigenvalue weighted by Crippen LogP contribution is -2.50. The predicted octanol–water partition coefficient (Wildman–Crippen LogP) is 3.87. The number of nitrogens with one attached hydrogen (secondary N) is 1. The molecule has 1 aromatic rings. The van der Waals surface area contributed by atoms with E-state index in [1.807, 2.05) is 45.0 Å². The summed E-state index contributed by atoms with van der Waals surface area (Å²) in [6, 6.07) is 7.84. The van der Waals surface area contributed by atoms with Crippen molar-refractivity contribution in [3.8, 4) is 0 Å². The van der Waals surface area contributed by atoms with Crippen molar-refractivity contribution < 1.29 is 14.3 Å². The summed E-state index contributed by atoms with van der Waals surface area (Å²) in [4.78, 5) is 25.2. The first-order chi connectivity index (χ1) is 10.6. The maximum Gasteiger partial charge on any atom is 0.313 e. The van der Waals surface area contributed by atoms with Crippen LogP contribution in [0.25, 0.3) is 0 Å². The van der Waals surface area contributed by atoms with Crippen LogP contribution in [0.4, 0.5) is 5.69 Å². The molecule has 1 amide bonds. The Morgan fingerprint density at radius 2 is 1.74 bits per heavy atom. The quantitative estimate of drug-likeness (QED) is 0.861. The van der Waals surface area contributed by atoms with E-state index in [2.05, 4.69) is 19.2 Å². The summed E-state index contributed by atoms with van der Waals surface area (Å²) in [7, 11) is 0. The molecule has 2 bridgehead atoms. The molecule has 2 aliphatic rings. The number of hydrogen-bond acceptors (Lipinski definition) is 3. The van der Waals surface area contributed by atoms with Crippen molar-refractivity contribution in [1.29, 1.82) is 0 Å². The summed E-state index contributed by atoms with van der Waals surface area (Å²) in [5, 5.41) is 2.95. The molecule has 2 atom stereocenters. The van der Waals surface area contributed by atoms with Gasteiger partial charge in [0.05, 0.1) is 5.41 Å². The maximum absolute atomic E-state index is 12.9. The lowest BCUT2D eigenvalue weighted by Gasteiger charge is -2.35. The average Bonchev–Trinajstić information content (AvgIpc) is 2.78. The molecule has 1 aliphatic carbocycles. The fourth-order valence-corrected chi connectivity index (χ4v) is 3.93. The van der Waals surface area contributed by atoms with Gasteiger partial charge in [-0.05, 0) is 43.4 Å². The highest BCUT2D eigenvalue weighted by molar-refractivity contribution is 6.03. The van der Waals surface area contributed by atoms with Crippen LogP contribution in [0.3, 0.4) is 0 Å². The molecule has 1 N–H and O–H groups in total. The summed E-state index contributed by atoms with van der Waals surface area (Å²) in [5.74, 6) is -0.0166. The molecule has 124 valence electrons. The van der Waals surface area contributed by atoms with E-state index in [0.29, 0.717) is 18.8 Å². The van der Waals surface area contributed by atoms with E-state index >= 15 is 0 Å². The minimum atomic E-state index is -1.06. The minimum absolute atomic E-state index is 0.214.